The maximum absolute atomic E-state index is 3.97. The highest BCUT2D eigenvalue weighted by Crippen LogP contribution is 2.38. The van der Waals surface area contributed by atoms with E-state index in [4.69, 9.17) is 0 Å². The molecule has 0 aliphatic heterocycles. The summed E-state index contributed by atoms with van der Waals surface area (Å²) in [5.74, 6) is 0. The first-order chi connectivity index (χ1) is 7.75. The third kappa shape index (κ3) is 1.39. The summed E-state index contributed by atoms with van der Waals surface area (Å²) in [5, 5.41) is 3.46. The lowest BCUT2D eigenvalue weighted by atomic mass is 9.98. The first-order valence-electron chi connectivity index (χ1n) is 6.02. The fraction of sp³-hybridized carbons (Fsp3) is 0.333. The van der Waals surface area contributed by atoms with Crippen LogP contribution in [0.25, 0.3) is 6.08 Å². The van der Waals surface area contributed by atoms with Crippen molar-refractivity contribution in [2.45, 2.75) is 32.6 Å². The molecular weight excluding hydrogens is 194 g/mol. The van der Waals surface area contributed by atoms with Gasteiger partial charge in [-0.2, -0.15) is 0 Å². The first kappa shape index (κ1) is 9.71. The summed E-state index contributed by atoms with van der Waals surface area (Å²) in [6, 6.07) is 2.40. The molecule has 0 aromatic heterocycles. The SMILES string of the molecule is C=C(C)Nc1c2c(cc3c1CCC3)CC=C2. The molecule has 0 saturated carbocycles. The van der Waals surface area contributed by atoms with E-state index in [1.54, 1.807) is 5.56 Å². The molecule has 0 atom stereocenters. The van der Waals surface area contributed by atoms with Crippen LogP contribution >= 0.6 is 0 Å². The van der Waals surface area contributed by atoms with E-state index in [0.29, 0.717) is 0 Å². The van der Waals surface area contributed by atoms with Crippen molar-refractivity contribution in [2.75, 3.05) is 5.32 Å². The summed E-state index contributed by atoms with van der Waals surface area (Å²) in [4.78, 5) is 0. The maximum Gasteiger partial charge on any atom is 0.0493 e. The first-order valence-corrected chi connectivity index (χ1v) is 6.02. The molecule has 2 aliphatic carbocycles. The molecule has 2 aliphatic rings. The number of hydrogen-bond acceptors (Lipinski definition) is 1. The van der Waals surface area contributed by atoms with Crippen molar-refractivity contribution in [1.29, 1.82) is 0 Å². The summed E-state index contributed by atoms with van der Waals surface area (Å²) < 4.78 is 0. The van der Waals surface area contributed by atoms with Gasteiger partial charge in [-0.05, 0) is 49.3 Å². The normalized spacial score (nSPS) is 16.1. The molecule has 1 aromatic carbocycles. The molecular formula is C15H17N. The highest BCUT2D eigenvalue weighted by molar-refractivity contribution is 5.78. The molecule has 0 radical (unpaired) electrons. The molecule has 0 unspecified atom stereocenters. The molecule has 82 valence electrons. The van der Waals surface area contributed by atoms with Crippen molar-refractivity contribution in [3.63, 3.8) is 0 Å². The Labute approximate surface area is 96.9 Å². The van der Waals surface area contributed by atoms with Crippen molar-refractivity contribution in [1.82, 2.24) is 0 Å². The summed E-state index contributed by atoms with van der Waals surface area (Å²) in [6.07, 6.45) is 9.35. The molecule has 0 bridgehead atoms. The molecule has 1 aromatic rings. The van der Waals surface area contributed by atoms with Gasteiger partial charge in [0.25, 0.3) is 0 Å². The van der Waals surface area contributed by atoms with E-state index < -0.39 is 0 Å². The Kier molecular flexibility index (Phi) is 2.13. The van der Waals surface area contributed by atoms with Crippen molar-refractivity contribution < 1.29 is 0 Å². The van der Waals surface area contributed by atoms with Crippen molar-refractivity contribution in [3.8, 4) is 0 Å². The second-order valence-electron chi connectivity index (χ2n) is 4.83. The van der Waals surface area contributed by atoms with E-state index >= 15 is 0 Å². The van der Waals surface area contributed by atoms with Crippen LogP contribution in [0.1, 0.15) is 35.6 Å². The number of anilines is 1. The monoisotopic (exact) mass is 211 g/mol. The molecule has 0 heterocycles. The molecule has 0 saturated heterocycles. The number of benzene rings is 1. The van der Waals surface area contributed by atoms with Gasteiger partial charge in [0, 0.05) is 16.9 Å². The highest BCUT2D eigenvalue weighted by Gasteiger charge is 2.21. The lowest BCUT2D eigenvalue weighted by Crippen LogP contribution is -2.02. The van der Waals surface area contributed by atoms with Crippen molar-refractivity contribution in [2.24, 2.45) is 0 Å². The zero-order valence-corrected chi connectivity index (χ0v) is 9.77. The topological polar surface area (TPSA) is 12.0 Å². The lowest BCUT2D eigenvalue weighted by Gasteiger charge is -2.16. The van der Waals surface area contributed by atoms with Gasteiger partial charge in [-0.15, -0.1) is 0 Å². The van der Waals surface area contributed by atoms with Gasteiger partial charge in [0.05, 0.1) is 0 Å². The van der Waals surface area contributed by atoms with Crippen LogP contribution in [-0.4, -0.2) is 0 Å². The number of rotatable bonds is 2. The van der Waals surface area contributed by atoms with Crippen LogP contribution in [0, 0.1) is 0 Å². The highest BCUT2D eigenvalue weighted by atomic mass is 14.9. The van der Waals surface area contributed by atoms with Gasteiger partial charge in [-0.1, -0.05) is 24.8 Å². The van der Waals surface area contributed by atoms with Gasteiger partial charge < -0.3 is 5.32 Å². The molecule has 0 fully saturated rings. The third-order valence-electron chi connectivity index (χ3n) is 3.49. The van der Waals surface area contributed by atoms with E-state index in [0.717, 1.165) is 12.1 Å². The fourth-order valence-corrected chi connectivity index (χ4v) is 2.84. The van der Waals surface area contributed by atoms with Gasteiger partial charge in [0.15, 0.2) is 0 Å². The fourth-order valence-electron chi connectivity index (χ4n) is 2.84. The van der Waals surface area contributed by atoms with Gasteiger partial charge in [-0.25, -0.2) is 0 Å². The van der Waals surface area contributed by atoms with Gasteiger partial charge in [0.2, 0.25) is 0 Å². The average molecular weight is 211 g/mol. The van der Waals surface area contributed by atoms with Crippen LogP contribution in [0.3, 0.4) is 0 Å². The van der Waals surface area contributed by atoms with Gasteiger partial charge in [-0.3, -0.25) is 0 Å². The Morgan fingerprint density at radius 3 is 3.00 bits per heavy atom. The zero-order valence-electron chi connectivity index (χ0n) is 9.77. The van der Waals surface area contributed by atoms with Crippen LogP contribution in [0.2, 0.25) is 0 Å². The van der Waals surface area contributed by atoms with Crippen LogP contribution in [0.5, 0.6) is 0 Å². The van der Waals surface area contributed by atoms with Gasteiger partial charge >= 0.3 is 0 Å². The largest absolute Gasteiger partial charge is 0.359 e. The quantitative estimate of drug-likeness (QED) is 0.786. The number of fused-ring (bicyclic) bond motifs is 2. The minimum atomic E-state index is 1.03. The Morgan fingerprint density at radius 1 is 1.31 bits per heavy atom. The number of aryl methyl sites for hydroxylation is 1. The zero-order chi connectivity index (χ0) is 11.1. The van der Waals surface area contributed by atoms with E-state index in [9.17, 15) is 0 Å². The van der Waals surface area contributed by atoms with Crippen LogP contribution in [0.15, 0.2) is 24.4 Å². The minimum Gasteiger partial charge on any atom is -0.359 e. The third-order valence-corrected chi connectivity index (χ3v) is 3.49. The molecule has 1 heteroatoms. The van der Waals surface area contributed by atoms with E-state index in [2.05, 4.69) is 30.1 Å². The van der Waals surface area contributed by atoms with Crippen molar-refractivity contribution >= 4 is 11.8 Å². The molecule has 16 heavy (non-hydrogen) atoms. The van der Waals surface area contributed by atoms with Gasteiger partial charge in [0.1, 0.15) is 0 Å². The van der Waals surface area contributed by atoms with E-state index in [1.807, 2.05) is 6.92 Å². The Balaban J connectivity index is 2.18. The second kappa shape index (κ2) is 3.51. The number of hydrogen-bond donors (Lipinski definition) is 1. The molecule has 1 nitrogen and oxygen atoms in total. The molecule has 0 amide bonds. The van der Waals surface area contributed by atoms with Crippen LogP contribution < -0.4 is 5.32 Å². The van der Waals surface area contributed by atoms with Crippen molar-refractivity contribution in [3.05, 3.63) is 46.7 Å². The molecule has 3 rings (SSSR count). The number of allylic oxidation sites excluding steroid dienone is 2. The predicted molar refractivity (Wildman–Crippen MR) is 69.6 cm³/mol. The van der Waals surface area contributed by atoms with E-state index in [-0.39, 0.29) is 0 Å². The average Bonchev–Trinajstić information content (AvgIpc) is 2.83. The molecule has 1 N–H and O–H groups in total. The summed E-state index contributed by atoms with van der Waals surface area (Å²) in [6.45, 7) is 5.99. The maximum atomic E-state index is 3.97. The Hall–Kier alpha value is -1.50. The van der Waals surface area contributed by atoms with Crippen LogP contribution in [-0.2, 0) is 19.3 Å². The summed E-state index contributed by atoms with van der Waals surface area (Å²) >= 11 is 0. The Bertz CT molecular complexity index is 494. The molecule has 0 spiro atoms. The Morgan fingerprint density at radius 2 is 2.19 bits per heavy atom. The smallest absolute Gasteiger partial charge is 0.0493 e. The standard InChI is InChI=1S/C15H17N/c1-10(2)16-15-13-7-3-5-11(13)9-12-6-4-8-14(12)15/h3,7,9,16H,1,4-6,8H2,2H3. The van der Waals surface area contributed by atoms with Crippen LogP contribution in [0.4, 0.5) is 5.69 Å². The minimum absolute atomic E-state index is 1.03. The summed E-state index contributed by atoms with van der Waals surface area (Å²) in [5.41, 5.74) is 8.29. The van der Waals surface area contributed by atoms with E-state index in [1.165, 1.54) is 41.6 Å². The lowest BCUT2D eigenvalue weighted by molar-refractivity contribution is 0.911. The summed E-state index contributed by atoms with van der Waals surface area (Å²) in [7, 11) is 0. The number of nitrogens with one attached hydrogen (secondary N) is 1. The predicted octanol–water partition coefficient (Wildman–Crippen LogP) is 3.69. The second-order valence-corrected chi connectivity index (χ2v) is 4.83.